The van der Waals surface area contributed by atoms with Gasteiger partial charge in [0.1, 0.15) is 0 Å². The third-order valence-corrected chi connectivity index (χ3v) is 4.97. The Balaban J connectivity index is 1.99. The van der Waals surface area contributed by atoms with Crippen LogP contribution in [0, 0.1) is 10.1 Å². The Morgan fingerprint density at radius 1 is 1.31 bits per heavy atom. The molecule has 8 heteroatoms. The Labute approximate surface area is 158 Å². The molecule has 0 radical (unpaired) electrons. The smallest absolute Gasteiger partial charge is 0.269 e. The third kappa shape index (κ3) is 3.79. The molecule has 0 aliphatic heterocycles. The van der Waals surface area contributed by atoms with Gasteiger partial charge in [-0.1, -0.05) is 41.6 Å². The second-order valence-electron chi connectivity index (χ2n) is 5.48. The second kappa shape index (κ2) is 7.72. The van der Waals surface area contributed by atoms with Gasteiger partial charge in [0.25, 0.3) is 11.2 Å². The third-order valence-electron chi connectivity index (χ3n) is 3.68. The number of nitro groups is 1. The lowest BCUT2D eigenvalue weighted by Crippen LogP contribution is -2.22. The lowest BCUT2D eigenvalue weighted by Gasteiger charge is -2.11. The first-order chi connectivity index (χ1) is 12.5. The first-order valence-corrected chi connectivity index (χ1v) is 9.03. The molecule has 0 bridgehead atoms. The molecule has 0 atom stereocenters. The monoisotopic (exact) mass is 387 g/mol. The fraction of sp³-hybridized carbons (Fsp3) is 0.111. The van der Waals surface area contributed by atoms with E-state index in [1.165, 1.54) is 28.5 Å². The van der Waals surface area contributed by atoms with Crippen LogP contribution in [0.15, 0.2) is 65.1 Å². The number of allylic oxidation sites excluding steroid dienone is 1. The molecule has 0 unspecified atom stereocenters. The minimum Gasteiger partial charge on any atom is -0.283 e. The standard InChI is InChI=1S/C18H14ClN3O3S/c1-2-8-21-17(23)15-7-6-13(19)10-16(15)20-18(21)26-11-12-4-3-5-14(9-12)22(24)25/h2-7,9-10H,1,8,11H2. The van der Waals surface area contributed by atoms with Crippen LogP contribution in [0.3, 0.4) is 0 Å². The molecule has 0 N–H and O–H groups in total. The van der Waals surface area contributed by atoms with E-state index in [2.05, 4.69) is 11.6 Å². The summed E-state index contributed by atoms with van der Waals surface area (Å²) < 4.78 is 1.53. The van der Waals surface area contributed by atoms with Crippen molar-refractivity contribution >= 4 is 40.0 Å². The summed E-state index contributed by atoms with van der Waals surface area (Å²) >= 11 is 7.34. The minimum atomic E-state index is -0.432. The quantitative estimate of drug-likeness (QED) is 0.205. The van der Waals surface area contributed by atoms with Gasteiger partial charge >= 0.3 is 0 Å². The molecule has 132 valence electrons. The molecule has 6 nitrogen and oxygen atoms in total. The van der Waals surface area contributed by atoms with Crippen LogP contribution in [0.2, 0.25) is 5.02 Å². The van der Waals surface area contributed by atoms with Gasteiger partial charge in [-0.15, -0.1) is 6.58 Å². The van der Waals surface area contributed by atoms with Gasteiger partial charge in [-0.25, -0.2) is 4.98 Å². The summed E-state index contributed by atoms with van der Waals surface area (Å²) in [5.74, 6) is 0.442. The van der Waals surface area contributed by atoms with Crippen LogP contribution < -0.4 is 5.56 Å². The fourth-order valence-corrected chi connectivity index (χ4v) is 3.60. The maximum Gasteiger partial charge on any atom is 0.269 e. The van der Waals surface area contributed by atoms with Gasteiger partial charge in [0.2, 0.25) is 0 Å². The molecule has 2 aromatic carbocycles. The van der Waals surface area contributed by atoms with Crippen molar-refractivity contribution in [2.45, 2.75) is 17.5 Å². The molecule has 0 saturated heterocycles. The lowest BCUT2D eigenvalue weighted by molar-refractivity contribution is -0.384. The van der Waals surface area contributed by atoms with E-state index in [0.717, 1.165) is 5.56 Å². The molecular formula is C18H14ClN3O3S. The molecule has 3 aromatic rings. The average Bonchev–Trinajstić information content (AvgIpc) is 2.62. The molecule has 26 heavy (non-hydrogen) atoms. The first-order valence-electron chi connectivity index (χ1n) is 7.66. The van der Waals surface area contributed by atoms with Crippen molar-refractivity contribution in [2.75, 3.05) is 0 Å². The fourth-order valence-electron chi connectivity index (χ4n) is 2.48. The van der Waals surface area contributed by atoms with Gasteiger partial charge in [-0.2, -0.15) is 0 Å². The molecule has 0 saturated carbocycles. The first kappa shape index (κ1) is 18.2. The van der Waals surface area contributed by atoms with Gasteiger partial charge < -0.3 is 0 Å². The van der Waals surface area contributed by atoms with E-state index in [0.29, 0.717) is 33.4 Å². The SMILES string of the molecule is C=CCn1c(SCc2cccc([N+](=O)[O-])c2)nc2cc(Cl)ccc2c1=O. The highest BCUT2D eigenvalue weighted by atomic mass is 35.5. The second-order valence-corrected chi connectivity index (χ2v) is 6.85. The highest BCUT2D eigenvalue weighted by molar-refractivity contribution is 7.98. The number of fused-ring (bicyclic) bond motifs is 1. The topological polar surface area (TPSA) is 78.0 Å². The Morgan fingerprint density at radius 3 is 2.85 bits per heavy atom. The molecule has 0 fully saturated rings. The van der Waals surface area contributed by atoms with E-state index in [-0.39, 0.29) is 11.2 Å². The zero-order chi connectivity index (χ0) is 18.7. The normalized spacial score (nSPS) is 10.8. The van der Waals surface area contributed by atoms with Crippen LogP contribution in [-0.2, 0) is 12.3 Å². The predicted molar refractivity (Wildman–Crippen MR) is 104 cm³/mol. The van der Waals surface area contributed by atoms with Gasteiger partial charge in [-0.3, -0.25) is 19.5 Å². The number of nitro benzene ring substituents is 1. The van der Waals surface area contributed by atoms with Crippen LogP contribution in [0.5, 0.6) is 0 Å². The molecule has 1 heterocycles. The Bertz CT molecular complexity index is 1070. The molecule has 1 aromatic heterocycles. The van der Waals surface area contributed by atoms with Crippen molar-refractivity contribution < 1.29 is 4.92 Å². The van der Waals surface area contributed by atoms with Crippen LogP contribution in [-0.4, -0.2) is 14.5 Å². The number of hydrogen-bond acceptors (Lipinski definition) is 5. The summed E-state index contributed by atoms with van der Waals surface area (Å²) in [7, 11) is 0. The van der Waals surface area contributed by atoms with Crippen LogP contribution in [0.4, 0.5) is 5.69 Å². The van der Waals surface area contributed by atoms with Crippen LogP contribution in [0.25, 0.3) is 10.9 Å². The summed E-state index contributed by atoms with van der Waals surface area (Å²) in [6.07, 6.45) is 1.63. The van der Waals surface area contributed by atoms with E-state index in [1.54, 1.807) is 36.4 Å². The van der Waals surface area contributed by atoms with Crippen molar-refractivity contribution in [1.29, 1.82) is 0 Å². The number of benzene rings is 2. The largest absolute Gasteiger partial charge is 0.283 e. The number of rotatable bonds is 6. The zero-order valence-electron chi connectivity index (χ0n) is 13.6. The maximum atomic E-state index is 12.7. The Kier molecular flexibility index (Phi) is 5.39. The lowest BCUT2D eigenvalue weighted by atomic mass is 10.2. The summed E-state index contributed by atoms with van der Waals surface area (Å²) in [4.78, 5) is 27.8. The summed E-state index contributed by atoms with van der Waals surface area (Å²) in [5, 5.41) is 12.4. The van der Waals surface area contributed by atoms with Crippen molar-refractivity contribution in [2.24, 2.45) is 0 Å². The van der Waals surface area contributed by atoms with Crippen LogP contribution in [0.1, 0.15) is 5.56 Å². The van der Waals surface area contributed by atoms with Gasteiger partial charge in [0, 0.05) is 29.5 Å². The summed E-state index contributed by atoms with van der Waals surface area (Å²) in [6, 6.07) is 11.3. The number of hydrogen-bond donors (Lipinski definition) is 0. The van der Waals surface area contributed by atoms with Crippen molar-refractivity contribution in [1.82, 2.24) is 9.55 Å². The van der Waals surface area contributed by atoms with Gasteiger partial charge in [0.15, 0.2) is 5.16 Å². The molecule has 0 aliphatic rings. The highest BCUT2D eigenvalue weighted by Gasteiger charge is 2.12. The number of aromatic nitrogens is 2. The van der Waals surface area contributed by atoms with Gasteiger partial charge in [-0.05, 0) is 23.8 Å². The average molecular weight is 388 g/mol. The van der Waals surface area contributed by atoms with Crippen LogP contribution >= 0.6 is 23.4 Å². The number of nitrogens with zero attached hydrogens (tertiary/aromatic N) is 3. The van der Waals surface area contributed by atoms with E-state index in [4.69, 9.17) is 11.6 Å². The van der Waals surface area contributed by atoms with E-state index in [1.807, 2.05) is 0 Å². The van der Waals surface area contributed by atoms with E-state index < -0.39 is 4.92 Å². The Hall–Kier alpha value is -2.64. The van der Waals surface area contributed by atoms with Gasteiger partial charge in [0.05, 0.1) is 15.8 Å². The molecule has 3 rings (SSSR count). The van der Waals surface area contributed by atoms with Crippen molar-refractivity contribution in [3.63, 3.8) is 0 Å². The molecule has 0 amide bonds. The van der Waals surface area contributed by atoms with Crippen molar-refractivity contribution in [3.8, 4) is 0 Å². The number of thioether (sulfide) groups is 1. The minimum absolute atomic E-state index is 0.0323. The number of halogens is 1. The molecular weight excluding hydrogens is 374 g/mol. The number of non-ortho nitro benzene ring substituents is 1. The van der Waals surface area contributed by atoms with E-state index in [9.17, 15) is 14.9 Å². The summed E-state index contributed by atoms with van der Waals surface area (Å²) in [5.41, 5.74) is 1.15. The summed E-state index contributed by atoms with van der Waals surface area (Å²) in [6.45, 7) is 4.01. The zero-order valence-corrected chi connectivity index (χ0v) is 15.2. The molecule has 0 aliphatic carbocycles. The Morgan fingerprint density at radius 2 is 2.12 bits per heavy atom. The van der Waals surface area contributed by atoms with E-state index >= 15 is 0 Å². The molecule has 0 spiro atoms. The van der Waals surface area contributed by atoms with Crippen molar-refractivity contribution in [3.05, 3.63) is 86.2 Å². The highest BCUT2D eigenvalue weighted by Crippen LogP contribution is 2.25. The maximum absolute atomic E-state index is 12.7. The predicted octanol–water partition coefficient (Wildman–Crippen LogP) is 4.44.